The average molecular weight is 296 g/mol. The van der Waals surface area contributed by atoms with Gasteiger partial charge in [0.15, 0.2) is 0 Å². The van der Waals surface area contributed by atoms with Crippen molar-refractivity contribution in [1.82, 2.24) is 4.98 Å². The van der Waals surface area contributed by atoms with Crippen molar-refractivity contribution >= 4 is 15.9 Å². The summed E-state index contributed by atoms with van der Waals surface area (Å²) in [5, 5.41) is 0. The van der Waals surface area contributed by atoms with E-state index < -0.39 is 0 Å². The molecule has 0 bridgehead atoms. The van der Waals surface area contributed by atoms with Crippen LogP contribution in [0.15, 0.2) is 47.1 Å². The van der Waals surface area contributed by atoms with E-state index in [1.807, 2.05) is 18.2 Å². The summed E-state index contributed by atoms with van der Waals surface area (Å²) < 4.78 is 19.0. The van der Waals surface area contributed by atoms with Crippen LogP contribution in [0.1, 0.15) is 5.69 Å². The van der Waals surface area contributed by atoms with Crippen LogP contribution in [0.4, 0.5) is 4.39 Å². The summed E-state index contributed by atoms with van der Waals surface area (Å²) in [7, 11) is 0. The number of hydrogen-bond acceptors (Lipinski definition) is 2. The van der Waals surface area contributed by atoms with Crippen LogP contribution < -0.4 is 4.74 Å². The minimum atomic E-state index is -0.283. The molecule has 0 aliphatic rings. The van der Waals surface area contributed by atoms with Gasteiger partial charge in [-0.3, -0.25) is 4.98 Å². The molecule has 0 saturated heterocycles. The molecule has 0 unspecified atom stereocenters. The molecule has 0 N–H and O–H groups in total. The molecular weight excluding hydrogens is 285 g/mol. The molecule has 0 atom stereocenters. The second-order valence-corrected chi connectivity index (χ2v) is 4.35. The van der Waals surface area contributed by atoms with Gasteiger partial charge in [-0.25, -0.2) is 4.39 Å². The molecule has 17 heavy (non-hydrogen) atoms. The first-order valence-electron chi connectivity index (χ1n) is 5.23. The summed E-state index contributed by atoms with van der Waals surface area (Å²) in [6.07, 6.45) is 2.48. The Morgan fingerprint density at radius 2 is 2.12 bits per heavy atom. The molecule has 88 valence electrons. The van der Waals surface area contributed by atoms with Gasteiger partial charge in [-0.15, -0.1) is 0 Å². The predicted molar refractivity (Wildman–Crippen MR) is 67.5 cm³/mol. The number of pyridine rings is 1. The zero-order valence-electron chi connectivity index (χ0n) is 9.07. The van der Waals surface area contributed by atoms with Gasteiger partial charge in [-0.2, -0.15) is 0 Å². The first kappa shape index (κ1) is 12.0. The summed E-state index contributed by atoms with van der Waals surface area (Å²) in [5.41, 5.74) is 0.978. The SMILES string of the molecule is Fc1ccc(OCCc2ccccn2)c(Br)c1. The Balaban J connectivity index is 1.90. The third-order valence-electron chi connectivity index (χ3n) is 2.24. The molecule has 0 spiro atoms. The molecule has 0 radical (unpaired) electrons. The molecule has 0 fully saturated rings. The first-order valence-corrected chi connectivity index (χ1v) is 6.03. The maximum Gasteiger partial charge on any atom is 0.133 e. The molecule has 2 nitrogen and oxygen atoms in total. The molecule has 0 aliphatic carbocycles. The smallest absolute Gasteiger partial charge is 0.133 e. The Bertz CT molecular complexity index is 490. The number of nitrogens with zero attached hydrogens (tertiary/aromatic N) is 1. The summed E-state index contributed by atoms with van der Waals surface area (Å²) in [6, 6.07) is 10.1. The highest BCUT2D eigenvalue weighted by atomic mass is 79.9. The Morgan fingerprint density at radius 3 is 2.82 bits per heavy atom. The Hall–Kier alpha value is -1.42. The standard InChI is InChI=1S/C13H11BrFNO/c14-12-9-10(15)4-5-13(12)17-8-6-11-3-1-2-7-16-11/h1-5,7,9H,6,8H2. The van der Waals surface area contributed by atoms with E-state index in [1.165, 1.54) is 12.1 Å². The molecule has 2 aromatic rings. The number of hydrogen-bond donors (Lipinski definition) is 0. The molecule has 0 amide bonds. The van der Waals surface area contributed by atoms with Crippen molar-refractivity contribution in [3.8, 4) is 5.75 Å². The van der Waals surface area contributed by atoms with Crippen LogP contribution in [0.5, 0.6) is 5.75 Å². The van der Waals surface area contributed by atoms with Crippen molar-refractivity contribution in [2.24, 2.45) is 0 Å². The molecule has 1 aromatic carbocycles. The van der Waals surface area contributed by atoms with Gasteiger partial charge in [0.05, 0.1) is 11.1 Å². The summed E-state index contributed by atoms with van der Waals surface area (Å²) in [5.74, 6) is 0.358. The van der Waals surface area contributed by atoms with Gasteiger partial charge >= 0.3 is 0 Å². The zero-order valence-corrected chi connectivity index (χ0v) is 10.7. The van der Waals surface area contributed by atoms with Gasteiger partial charge in [-0.05, 0) is 46.3 Å². The molecular formula is C13H11BrFNO. The fourth-order valence-electron chi connectivity index (χ4n) is 1.40. The predicted octanol–water partition coefficient (Wildman–Crippen LogP) is 3.60. The van der Waals surface area contributed by atoms with Crippen molar-refractivity contribution in [3.05, 3.63) is 58.6 Å². The quantitative estimate of drug-likeness (QED) is 0.860. The topological polar surface area (TPSA) is 22.1 Å². The maximum absolute atomic E-state index is 12.8. The van der Waals surface area contributed by atoms with E-state index >= 15 is 0 Å². The van der Waals surface area contributed by atoms with E-state index in [0.717, 1.165) is 12.1 Å². The van der Waals surface area contributed by atoms with E-state index in [9.17, 15) is 4.39 Å². The number of ether oxygens (including phenoxy) is 1. The molecule has 1 heterocycles. The molecule has 0 aliphatic heterocycles. The zero-order chi connectivity index (χ0) is 12.1. The average Bonchev–Trinajstić information content (AvgIpc) is 2.33. The second kappa shape index (κ2) is 5.77. The Kier molecular flexibility index (Phi) is 4.09. The first-order chi connectivity index (χ1) is 8.25. The molecule has 4 heteroatoms. The van der Waals surface area contributed by atoms with Crippen LogP contribution in [0, 0.1) is 5.82 Å². The highest BCUT2D eigenvalue weighted by Crippen LogP contribution is 2.25. The molecule has 2 rings (SSSR count). The van der Waals surface area contributed by atoms with E-state index in [2.05, 4.69) is 20.9 Å². The van der Waals surface area contributed by atoms with Crippen molar-refractivity contribution in [2.75, 3.05) is 6.61 Å². The summed E-state index contributed by atoms with van der Waals surface area (Å²) in [6.45, 7) is 0.515. The number of rotatable bonds is 4. The van der Waals surface area contributed by atoms with E-state index in [4.69, 9.17) is 4.74 Å². The highest BCUT2D eigenvalue weighted by Gasteiger charge is 2.02. The van der Waals surface area contributed by atoms with Crippen molar-refractivity contribution in [3.63, 3.8) is 0 Å². The van der Waals surface area contributed by atoms with Crippen LogP contribution in [0.25, 0.3) is 0 Å². The van der Waals surface area contributed by atoms with Gasteiger partial charge in [0, 0.05) is 18.3 Å². The van der Waals surface area contributed by atoms with Crippen molar-refractivity contribution in [2.45, 2.75) is 6.42 Å². The van der Waals surface area contributed by atoms with E-state index in [0.29, 0.717) is 16.8 Å². The summed E-state index contributed by atoms with van der Waals surface area (Å²) in [4.78, 5) is 4.19. The lowest BCUT2D eigenvalue weighted by atomic mass is 10.3. The van der Waals surface area contributed by atoms with Crippen LogP contribution in [-0.4, -0.2) is 11.6 Å². The lowest BCUT2D eigenvalue weighted by Gasteiger charge is -2.07. The van der Waals surface area contributed by atoms with Crippen LogP contribution in [0.3, 0.4) is 0 Å². The van der Waals surface area contributed by atoms with Crippen molar-refractivity contribution in [1.29, 1.82) is 0 Å². The number of halogens is 2. The highest BCUT2D eigenvalue weighted by molar-refractivity contribution is 9.10. The van der Waals surface area contributed by atoms with Gasteiger partial charge in [0.25, 0.3) is 0 Å². The van der Waals surface area contributed by atoms with Gasteiger partial charge in [-0.1, -0.05) is 6.07 Å². The van der Waals surface area contributed by atoms with Crippen LogP contribution >= 0.6 is 15.9 Å². The number of aromatic nitrogens is 1. The molecule has 1 aromatic heterocycles. The Labute approximate surface area is 108 Å². The lowest BCUT2D eigenvalue weighted by Crippen LogP contribution is -2.03. The minimum Gasteiger partial charge on any atom is -0.492 e. The largest absolute Gasteiger partial charge is 0.492 e. The summed E-state index contributed by atoms with van der Waals surface area (Å²) >= 11 is 3.25. The second-order valence-electron chi connectivity index (χ2n) is 3.49. The normalized spacial score (nSPS) is 10.2. The maximum atomic E-state index is 12.8. The third-order valence-corrected chi connectivity index (χ3v) is 2.86. The van der Waals surface area contributed by atoms with Crippen LogP contribution in [-0.2, 0) is 6.42 Å². The van der Waals surface area contributed by atoms with Gasteiger partial charge in [0.1, 0.15) is 11.6 Å². The van der Waals surface area contributed by atoms with Gasteiger partial charge < -0.3 is 4.74 Å². The fraction of sp³-hybridized carbons (Fsp3) is 0.154. The van der Waals surface area contributed by atoms with E-state index in [-0.39, 0.29) is 5.82 Å². The Morgan fingerprint density at radius 1 is 1.24 bits per heavy atom. The minimum absolute atomic E-state index is 0.283. The van der Waals surface area contributed by atoms with Crippen LogP contribution in [0.2, 0.25) is 0 Å². The monoisotopic (exact) mass is 295 g/mol. The third kappa shape index (κ3) is 3.53. The van der Waals surface area contributed by atoms with E-state index in [1.54, 1.807) is 12.3 Å². The number of benzene rings is 1. The van der Waals surface area contributed by atoms with Gasteiger partial charge in [0.2, 0.25) is 0 Å². The molecule has 0 saturated carbocycles. The fourth-order valence-corrected chi connectivity index (χ4v) is 1.87. The van der Waals surface area contributed by atoms with Crippen molar-refractivity contribution < 1.29 is 9.13 Å². The lowest BCUT2D eigenvalue weighted by molar-refractivity contribution is 0.318.